The quantitative estimate of drug-likeness (QED) is 0.393. The molecular weight excluding hydrogens is 312 g/mol. The smallest absolute Gasteiger partial charge is 0.407 e. The fourth-order valence-electron chi connectivity index (χ4n) is 1.61. The molecule has 2 amide bonds. The van der Waals surface area contributed by atoms with Gasteiger partial charge in [-0.05, 0) is 48.5 Å². The minimum Gasteiger partial charge on any atom is -0.444 e. The summed E-state index contributed by atoms with van der Waals surface area (Å²) < 4.78 is 10.3. The van der Waals surface area contributed by atoms with Crippen molar-refractivity contribution in [1.29, 1.82) is 0 Å². The highest BCUT2D eigenvalue weighted by Crippen LogP contribution is 2.06. The van der Waals surface area contributed by atoms with Crippen molar-refractivity contribution in [2.45, 2.75) is 65.8 Å². The molecule has 0 aliphatic heterocycles. The minimum atomic E-state index is -0.493. The molecule has 0 unspecified atom stereocenters. The molecule has 0 rings (SSSR count). The van der Waals surface area contributed by atoms with Crippen LogP contribution < -0.4 is 21.3 Å². The van der Waals surface area contributed by atoms with Crippen LogP contribution in [0.4, 0.5) is 9.59 Å². The maximum Gasteiger partial charge on any atom is 0.407 e. The molecule has 0 aliphatic carbocycles. The van der Waals surface area contributed by atoms with E-state index in [1.54, 1.807) is 0 Å². The van der Waals surface area contributed by atoms with Gasteiger partial charge in [0.15, 0.2) is 0 Å². The van der Waals surface area contributed by atoms with Crippen LogP contribution in [0.5, 0.6) is 0 Å². The summed E-state index contributed by atoms with van der Waals surface area (Å²) in [6.07, 6.45) is -0.802. The second-order valence-electron chi connectivity index (χ2n) is 7.49. The van der Waals surface area contributed by atoms with E-state index >= 15 is 0 Å². The van der Waals surface area contributed by atoms with E-state index in [0.717, 1.165) is 0 Å². The Kier molecular flexibility index (Phi) is 9.69. The first-order chi connectivity index (χ1) is 10.9. The van der Waals surface area contributed by atoms with Crippen molar-refractivity contribution in [3.05, 3.63) is 0 Å². The third-order valence-corrected chi connectivity index (χ3v) is 2.49. The molecule has 8 nitrogen and oxygen atoms in total. The minimum absolute atomic E-state index is 0.0471. The summed E-state index contributed by atoms with van der Waals surface area (Å²) in [6.45, 7) is 15.0. The van der Waals surface area contributed by atoms with E-state index in [4.69, 9.17) is 9.47 Å². The summed E-state index contributed by atoms with van der Waals surface area (Å²) in [6, 6.07) is 0. The molecule has 0 atom stereocenters. The normalized spacial score (nSPS) is 12.0. The van der Waals surface area contributed by atoms with Crippen LogP contribution in [-0.4, -0.2) is 55.7 Å². The van der Waals surface area contributed by atoms with Crippen molar-refractivity contribution in [3.8, 4) is 0 Å². The van der Waals surface area contributed by atoms with Crippen molar-refractivity contribution in [3.63, 3.8) is 0 Å². The van der Waals surface area contributed by atoms with Gasteiger partial charge in [0.25, 0.3) is 0 Å². The Bertz CT molecular complexity index is 353. The van der Waals surface area contributed by atoms with E-state index in [9.17, 15) is 9.59 Å². The lowest BCUT2D eigenvalue weighted by molar-refractivity contribution is 0.0518. The SMILES string of the molecule is CC(NCCNC(=O)OC(C)(C)C)NCCNC(=O)OC(C)(C)C. The lowest BCUT2D eigenvalue weighted by atomic mass is 10.2. The van der Waals surface area contributed by atoms with E-state index in [2.05, 4.69) is 21.3 Å². The molecule has 0 aromatic rings. The van der Waals surface area contributed by atoms with E-state index in [0.29, 0.717) is 26.2 Å². The molecule has 0 fully saturated rings. The number of hydrogen-bond acceptors (Lipinski definition) is 6. The Hall–Kier alpha value is -1.54. The Morgan fingerprint density at radius 1 is 0.750 bits per heavy atom. The highest BCUT2D eigenvalue weighted by Gasteiger charge is 2.16. The van der Waals surface area contributed by atoms with Gasteiger partial charge < -0.3 is 30.7 Å². The fourth-order valence-corrected chi connectivity index (χ4v) is 1.61. The third-order valence-electron chi connectivity index (χ3n) is 2.49. The van der Waals surface area contributed by atoms with E-state index in [-0.39, 0.29) is 6.17 Å². The Morgan fingerprint density at radius 2 is 1.08 bits per heavy atom. The summed E-state index contributed by atoms with van der Waals surface area (Å²) in [5.74, 6) is 0. The fraction of sp³-hybridized carbons (Fsp3) is 0.875. The van der Waals surface area contributed by atoms with Gasteiger partial charge in [0, 0.05) is 26.2 Å². The van der Waals surface area contributed by atoms with Crippen molar-refractivity contribution in [2.75, 3.05) is 26.2 Å². The molecule has 0 aliphatic rings. The van der Waals surface area contributed by atoms with Crippen LogP contribution in [0.25, 0.3) is 0 Å². The molecule has 0 aromatic carbocycles. The Morgan fingerprint density at radius 3 is 1.38 bits per heavy atom. The number of alkyl carbamates (subject to hydrolysis) is 2. The van der Waals surface area contributed by atoms with Crippen LogP contribution in [0.1, 0.15) is 48.5 Å². The van der Waals surface area contributed by atoms with Crippen LogP contribution in [0, 0.1) is 0 Å². The predicted molar refractivity (Wildman–Crippen MR) is 93.9 cm³/mol. The maximum absolute atomic E-state index is 11.4. The van der Waals surface area contributed by atoms with Crippen molar-refractivity contribution < 1.29 is 19.1 Å². The number of carbonyl (C=O) groups excluding carboxylic acids is 2. The number of ether oxygens (including phenoxy) is 2. The predicted octanol–water partition coefficient (Wildman–Crippen LogP) is 1.56. The average molecular weight is 346 g/mol. The summed E-state index contributed by atoms with van der Waals surface area (Å²) >= 11 is 0. The number of nitrogens with one attached hydrogen (secondary N) is 4. The van der Waals surface area contributed by atoms with Crippen LogP contribution in [0.3, 0.4) is 0 Å². The van der Waals surface area contributed by atoms with Crippen molar-refractivity contribution in [1.82, 2.24) is 21.3 Å². The van der Waals surface area contributed by atoms with Gasteiger partial charge in [-0.3, -0.25) is 0 Å². The van der Waals surface area contributed by atoms with Gasteiger partial charge in [0.05, 0.1) is 6.17 Å². The molecule has 4 N–H and O–H groups in total. The summed E-state index contributed by atoms with van der Waals surface area (Å²) in [4.78, 5) is 22.9. The van der Waals surface area contributed by atoms with E-state index < -0.39 is 23.4 Å². The van der Waals surface area contributed by atoms with Gasteiger partial charge in [-0.15, -0.1) is 0 Å². The van der Waals surface area contributed by atoms with Gasteiger partial charge in [0.1, 0.15) is 11.2 Å². The Balaban J connectivity index is 3.62. The summed E-state index contributed by atoms with van der Waals surface area (Å²) in [5.41, 5.74) is -0.985. The lowest BCUT2D eigenvalue weighted by Crippen LogP contribution is -2.46. The largest absolute Gasteiger partial charge is 0.444 e. The highest BCUT2D eigenvalue weighted by molar-refractivity contribution is 5.67. The molecule has 24 heavy (non-hydrogen) atoms. The molecule has 0 radical (unpaired) electrons. The third kappa shape index (κ3) is 15.4. The first-order valence-electron chi connectivity index (χ1n) is 8.29. The summed E-state index contributed by atoms with van der Waals surface area (Å²) in [5, 5.41) is 11.8. The molecule has 8 heteroatoms. The van der Waals surface area contributed by atoms with Gasteiger partial charge >= 0.3 is 12.2 Å². The monoisotopic (exact) mass is 346 g/mol. The second kappa shape index (κ2) is 10.4. The van der Waals surface area contributed by atoms with Gasteiger partial charge in [-0.2, -0.15) is 0 Å². The second-order valence-corrected chi connectivity index (χ2v) is 7.49. The number of carbonyl (C=O) groups is 2. The molecule has 142 valence electrons. The van der Waals surface area contributed by atoms with Crippen molar-refractivity contribution in [2.24, 2.45) is 0 Å². The zero-order valence-electron chi connectivity index (χ0n) is 16.0. The number of hydrogen-bond donors (Lipinski definition) is 4. The van der Waals surface area contributed by atoms with E-state index in [1.165, 1.54) is 0 Å². The molecule has 0 aromatic heterocycles. The first kappa shape index (κ1) is 22.5. The van der Waals surface area contributed by atoms with Crippen LogP contribution >= 0.6 is 0 Å². The zero-order valence-corrected chi connectivity index (χ0v) is 16.0. The Labute approximate surface area is 145 Å². The van der Waals surface area contributed by atoms with Gasteiger partial charge in [-0.25, -0.2) is 9.59 Å². The van der Waals surface area contributed by atoms with Crippen LogP contribution in [0.2, 0.25) is 0 Å². The van der Waals surface area contributed by atoms with Crippen LogP contribution in [-0.2, 0) is 9.47 Å². The molecule has 0 bridgehead atoms. The molecule has 0 heterocycles. The number of amides is 2. The number of rotatable bonds is 8. The zero-order chi connectivity index (χ0) is 18.8. The first-order valence-corrected chi connectivity index (χ1v) is 8.29. The molecule has 0 saturated carbocycles. The van der Waals surface area contributed by atoms with Crippen molar-refractivity contribution >= 4 is 12.2 Å². The highest BCUT2D eigenvalue weighted by atomic mass is 16.6. The van der Waals surface area contributed by atoms with Gasteiger partial charge in [0.2, 0.25) is 0 Å². The summed E-state index contributed by atoms with van der Waals surface area (Å²) in [7, 11) is 0. The topological polar surface area (TPSA) is 101 Å². The standard InChI is InChI=1S/C16H34N4O4/c1-12(17-8-10-19-13(21)23-15(2,3)4)18-9-11-20-14(22)24-16(5,6)7/h12,17-18H,8-11H2,1-7H3,(H,19,21)(H,20,22). The lowest BCUT2D eigenvalue weighted by Gasteiger charge is -2.21. The molecule has 0 saturated heterocycles. The molecule has 0 spiro atoms. The van der Waals surface area contributed by atoms with Crippen LogP contribution in [0.15, 0.2) is 0 Å². The molecular formula is C16H34N4O4. The average Bonchev–Trinajstić information content (AvgIpc) is 2.35. The maximum atomic E-state index is 11.4. The van der Waals surface area contributed by atoms with Gasteiger partial charge in [-0.1, -0.05) is 0 Å². The van der Waals surface area contributed by atoms with E-state index in [1.807, 2.05) is 48.5 Å².